The van der Waals surface area contributed by atoms with Gasteiger partial charge in [0.2, 0.25) is 5.91 Å². The number of nitrogens with zero attached hydrogens (tertiary/aromatic N) is 3. The first-order valence-electron chi connectivity index (χ1n) is 8.01. The van der Waals surface area contributed by atoms with Crippen LogP contribution >= 0.6 is 11.8 Å². The highest BCUT2D eigenvalue weighted by molar-refractivity contribution is 7.99. The molecular weight excluding hydrogens is 312 g/mol. The second kappa shape index (κ2) is 8.76. The van der Waals surface area contributed by atoms with Crippen molar-refractivity contribution in [3.8, 4) is 11.6 Å². The van der Waals surface area contributed by atoms with Gasteiger partial charge in [-0.05, 0) is 45.7 Å². The molecule has 0 atom stereocenters. The Hall–Kier alpha value is -1.76. The summed E-state index contributed by atoms with van der Waals surface area (Å²) in [5, 5.41) is 12.3. The fourth-order valence-corrected chi connectivity index (χ4v) is 3.21. The van der Waals surface area contributed by atoms with E-state index >= 15 is 0 Å². The van der Waals surface area contributed by atoms with Crippen LogP contribution in [0.2, 0.25) is 0 Å². The third-order valence-electron chi connectivity index (χ3n) is 3.25. The predicted molar refractivity (Wildman–Crippen MR) is 91.3 cm³/mol. The van der Waals surface area contributed by atoms with Crippen molar-refractivity contribution in [2.24, 2.45) is 0 Å². The molecule has 1 amide bonds. The summed E-state index contributed by atoms with van der Waals surface area (Å²) in [6.45, 7) is 6.81. The number of rotatable bonds is 9. The van der Waals surface area contributed by atoms with E-state index in [1.165, 1.54) is 0 Å². The summed E-state index contributed by atoms with van der Waals surface area (Å²) < 4.78 is 7.45. The predicted octanol–water partition coefficient (Wildman–Crippen LogP) is 3.35. The smallest absolute Gasteiger partial charge is 0.220 e. The van der Waals surface area contributed by atoms with E-state index in [4.69, 9.17) is 4.42 Å². The zero-order valence-electron chi connectivity index (χ0n) is 13.9. The Kier molecular flexibility index (Phi) is 6.70. The molecule has 0 unspecified atom stereocenters. The first kappa shape index (κ1) is 17.6. The Morgan fingerprint density at radius 3 is 2.87 bits per heavy atom. The summed E-state index contributed by atoms with van der Waals surface area (Å²) in [5.41, 5.74) is 0. The molecule has 0 aliphatic rings. The molecule has 2 aromatic heterocycles. The van der Waals surface area contributed by atoms with Crippen LogP contribution in [0.25, 0.3) is 11.6 Å². The summed E-state index contributed by atoms with van der Waals surface area (Å²) in [7, 11) is 0. The third-order valence-corrected chi connectivity index (χ3v) is 4.31. The van der Waals surface area contributed by atoms with Crippen LogP contribution in [0.1, 0.15) is 40.0 Å². The number of unbranched alkanes of at least 4 members (excludes halogenated alkanes) is 1. The summed E-state index contributed by atoms with van der Waals surface area (Å²) >= 11 is 1.67. The molecule has 2 heterocycles. The Balaban J connectivity index is 1.79. The molecule has 0 saturated heterocycles. The lowest BCUT2D eigenvalue weighted by molar-refractivity contribution is -0.121. The lowest BCUT2D eigenvalue weighted by atomic mass is 10.2. The second-order valence-corrected chi connectivity index (χ2v) is 6.62. The van der Waals surface area contributed by atoms with Crippen molar-refractivity contribution in [1.29, 1.82) is 0 Å². The highest BCUT2D eigenvalue weighted by atomic mass is 32.2. The molecule has 0 bridgehead atoms. The average Bonchev–Trinajstić information content (AvgIpc) is 3.14. The van der Waals surface area contributed by atoms with Gasteiger partial charge in [-0.25, -0.2) is 0 Å². The fraction of sp³-hybridized carbons (Fsp3) is 0.562. The summed E-state index contributed by atoms with van der Waals surface area (Å²) in [4.78, 5) is 11.6. The SMILES string of the molecule is CCn1c(SCCCCC(=O)NC(C)C)nnc1-c1ccco1. The number of carbonyl (C=O) groups excluding carboxylic acids is 1. The number of aromatic nitrogens is 3. The number of hydrogen-bond acceptors (Lipinski definition) is 5. The van der Waals surface area contributed by atoms with Crippen molar-refractivity contribution in [2.45, 2.75) is 57.8 Å². The van der Waals surface area contributed by atoms with Gasteiger partial charge in [0.1, 0.15) is 0 Å². The molecule has 126 valence electrons. The van der Waals surface area contributed by atoms with Crippen LogP contribution in [0, 0.1) is 0 Å². The van der Waals surface area contributed by atoms with Gasteiger partial charge >= 0.3 is 0 Å². The Labute approximate surface area is 141 Å². The molecule has 0 fully saturated rings. The van der Waals surface area contributed by atoms with Crippen LogP contribution < -0.4 is 5.32 Å². The largest absolute Gasteiger partial charge is 0.461 e. The molecule has 2 aromatic rings. The van der Waals surface area contributed by atoms with Crippen LogP contribution in [0.3, 0.4) is 0 Å². The number of nitrogens with one attached hydrogen (secondary N) is 1. The van der Waals surface area contributed by atoms with E-state index in [2.05, 4.69) is 27.0 Å². The number of amides is 1. The van der Waals surface area contributed by atoms with E-state index in [1.54, 1.807) is 18.0 Å². The van der Waals surface area contributed by atoms with Gasteiger partial charge in [0.15, 0.2) is 16.7 Å². The average molecular weight is 336 g/mol. The van der Waals surface area contributed by atoms with E-state index < -0.39 is 0 Å². The zero-order chi connectivity index (χ0) is 16.7. The molecule has 0 saturated carbocycles. The molecule has 0 radical (unpaired) electrons. The third kappa shape index (κ3) is 5.13. The Bertz CT molecular complexity index is 608. The van der Waals surface area contributed by atoms with Crippen molar-refractivity contribution < 1.29 is 9.21 Å². The molecule has 0 spiro atoms. The number of thioether (sulfide) groups is 1. The van der Waals surface area contributed by atoms with Crippen molar-refractivity contribution in [1.82, 2.24) is 20.1 Å². The maximum Gasteiger partial charge on any atom is 0.220 e. The zero-order valence-corrected chi connectivity index (χ0v) is 14.7. The van der Waals surface area contributed by atoms with E-state index in [9.17, 15) is 4.79 Å². The number of hydrogen-bond donors (Lipinski definition) is 1. The standard InChI is InChI=1S/C16H24N4O2S/c1-4-20-15(13-8-7-10-22-13)18-19-16(20)23-11-6-5-9-14(21)17-12(2)3/h7-8,10,12H,4-6,9,11H2,1-3H3,(H,17,21). The molecular formula is C16H24N4O2S. The minimum absolute atomic E-state index is 0.127. The summed E-state index contributed by atoms with van der Waals surface area (Å²) in [5.74, 6) is 2.54. The Morgan fingerprint density at radius 1 is 1.39 bits per heavy atom. The highest BCUT2D eigenvalue weighted by Crippen LogP contribution is 2.24. The molecule has 23 heavy (non-hydrogen) atoms. The minimum Gasteiger partial charge on any atom is -0.461 e. The van der Waals surface area contributed by atoms with E-state index in [0.717, 1.165) is 41.9 Å². The minimum atomic E-state index is 0.127. The normalized spacial score (nSPS) is 11.1. The van der Waals surface area contributed by atoms with Gasteiger partial charge < -0.3 is 9.73 Å². The highest BCUT2D eigenvalue weighted by Gasteiger charge is 2.14. The Morgan fingerprint density at radius 2 is 2.22 bits per heavy atom. The van der Waals surface area contributed by atoms with Gasteiger partial charge in [0.05, 0.1) is 6.26 Å². The molecule has 0 aromatic carbocycles. The lowest BCUT2D eigenvalue weighted by Gasteiger charge is -2.08. The molecule has 0 aliphatic heterocycles. The first-order valence-corrected chi connectivity index (χ1v) is 8.99. The first-order chi connectivity index (χ1) is 11.1. The van der Waals surface area contributed by atoms with Crippen LogP contribution in [0.5, 0.6) is 0 Å². The summed E-state index contributed by atoms with van der Waals surface area (Å²) in [6.07, 6.45) is 4.08. The van der Waals surface area contributed by atoms with Gasteiger partial charge in [0, 0.05) is 24.8 Å². The molecule has 7 heteroatoms. The number of carbonyl (C=O) groups is 1. The lowest BCUT2D eigenvalue weighted by Crippen LogP contribution is -2.29. The topological polar surface area (TPSA) is 73.0 Å². The van der Waals surface area contributed by atoms with Gasteiger partial charge in [-0.2, -0.15) is 0 Å². The van der Waals surface area contributed by atoms with E-state index in [1.807, 2.05) is 26.0 Å². The number of furan rings is 1. The van der Waals surface area contributed by atoms with E-state index in [0.29, 0.717) is 6.42 Å². The van der Waals surface area contributed by atoms with Crippen LogP contribution in [0.4, 0.5) is 0 Å². The van der Waals surface area contributed by atoms with Gasteiger partial charge in [-0.1, -0.05) is 11.8 Å². The van der Waals surface area contributed by atoms with Gasteiger partial charge in [-0.15, -0.1) is 10.2 Å². The quantitative estimate of drug-likeness (QED) is 0.561. The van der Waals surface area contributed by atoms with Crippen molar-refractivity contribution in [2.75, 3.05) is 5.75 Å². The second-order valence-electron chi connectivity index (χ2n) is 5.56. The van der Waals surface area contributed by atoms with Crippen molar-refractivity contribution >= 4 is 17.7 Å². The van der Waals surface area contributed by atoms with Gasteiger partial charge in [-0.3, -0.25) is 9.36 Å². The van der Waals surface area contributed by atoms with Gasteiger partial charge in [0.25, 0.3) is 0 Å². The van der Waals surface area contributed by atoms with Crippen LogP contribution in [-0.4, -0.2) is 32.5 Å². The maximum atomic E-state index is 11.6. The molecule has 0 aliphatic carbocycles. The van der Waals surface area contributed by atoms with Crippen molar-refractivity contribution in [3.05, 3.63) is 18.4 Å². The fourth-order valence-electron chi connectivity index (χ4n) is 2.21. The molecule has 1 N–H and O–H groups in total. The monoisotopic (exact) mass is 336 g/mol. The molecule has 6 nitrogen and oxygen atoms in total. The van der Waals surface area contributed by atoms with Crippen LogP contribution in [0.15, 0.2) is 28.0 Å². The van der Waals surface area contributed by atoms with Crippen molar-refractivity contribution in [3.63, 3.8) is 0 Å². The van der Waals surface area contributed by atoms with E-state index in [-0.39, 0.29) is 11.9 Å². The maximum absolute atomic E-state index is 11.6. The molecule has 2 rings (SSSR count). The summed E-state index contributed by atoms with van der Waals surface area (Å²) in [6, 6.07) is 3.94. The van der Waals surface area contributed by atoms with Crippen LogP contribution in [-0.2, 0) is 11.3 Å².